The van der Waals surface area contributed by atoms with Crippen molar-refractivity contribution in [3.63, 3.8) is 0 Å². The van der Waals surface area contributed by atoms with Gasteiger partial charge in [0.25, 0.3) is 0 Å². The van der Waals surface area contributed by atoms with Gasteiger partial charge in [-0.05, 0) is 28.4 Å². The van der Waals surface area contributed by atoms with E-state index in [1.807, 2.05) is 12.3 Å². The van der Waals surface area contributed by atoms with Gasteiger partial charge in [0.15, 0.2) is 0 Å². The maximum absolute atomic E-state index is 8.47. The van der Waals surface area contributed by atoms with Crippen LogP contribution >= 0.6 is 27.3 Å². The molecular formula is C6H4BrNS. The van der Waals surface area contributed by atoms with E-state index in [1.165, 1.54) is 11.3 Å². The molecule has 0 amide bonds. The standard InChI is InChI=1S/C6H4BrNS/c1-4-5(7)3-9-6(4)2-8/h3H,1H3. The zero-order chi connectivity index (χ0) is 6.85. The van der Waals surface area contributed by atoms with Crippen LogP contribution in [-0.4, -0.2) is 0 Å². The first kappa shape index (κ1) is 6.79. The summed E-state index contributed by atoms with van der Waals surface area (Å²) in [5, 5.41) is 10.4. The van der Waals surface area contributed by atoms with Crippen LogP contribution in [0.3, 0.4) is 0 Å². The van der Waals surface area contributed by atoms with Crippen LogP contribution in [0, 0.1) is 18.3 Å². The van der Waals surface area contributed by atoms with Gasteiger partial charge >= 0.3 is 0 Å². The third-order valence-corrected chi connectivity index (χ3v) is 3.19. The fraction of sp³-hybridized carbons (Fsp3) is 0.167. The van der Waals surface area contributed by atoms with Gasteiger partial charge in [-0.1, -0.05) is 0 Å². The molecule has 0 spiro atoms. The Bertz CT molecular complexity index is 259. The minimum atomic E-state index is 0.793. The van der Waals surface area contributed by atoms with Crippen LogP contribution in [0.4, 0.5) is 0 Å². The smallest absolute Gasteiger partial charge is 0.110 e. The lowest BCUT2D eigenvalue weighted by Gasteiger charge is -1.82. The molecule has 0 aliphatic heterocycles. The Labute approximate surface area is 66.1 Å². The van der Waals surface area contributed by atoms with E-state index in [-0.39, 0.29) is 0 Å². The molecule has 0 aliphatic rings. The Morgan fingerprint density at radius 1 is 1.78 bits per heavy atom. The van der Waals surface area contributed by atoms with Crippen LogP contribution in [0.25, 0.3) is 0 Å². The lowest BCUT2D eigenvalue weighted by molar-refractivity contribution is 1.45. The molecule has 1 rings (SSSR count). The molecule has 0 atom stereocenters. The number of halogens is 1. The van der Waals surface area contributed by atoms with E-state index in [9.17, 15) is 0 Å². The van der Waals surface area contributed by atoms with Gasteiger partial charge in [0.2, 0.25) is 0 Å². The maximum atomic E-state index is 8.47. The largest absolute Gasteiger partial charge is 0.192 e. The van der Waals surface area contributed by atoms with Gasteiger partial charge in [-0.25, -0.2) is 0 Å². The van der Waals surface area contributed by atoms with Gasteiger partial charge in [-0.2, -0.15) is 5.26 Å². The molecule has 46 valence electrons. The second-order valence-corrected chi connectivity index (χ2v) is 3.38. The molecule has 1 aromatic rings. The molecule has 0 fully saturated rings. The summed E-state index contributed by atoms with van der Waals surface area (Å²) < 4.78 is 1.03. The van der Waals surface area contributed by atoms with Crippen LogP contribution in [0.5, 0.6) is 0 Å². The van der Waals surface area contributed by atoms with Crippen LogP contribution in [0.2, 0.25) is 0 Å². The average Bonchev–Trinajstić information content (AvgIpc) is 2.15. The maximum Gasteiger partial charge on any atom is 0.110 e. The highest BCUT2D eigenvalue weighted by molar-refractivity contribution is 9.10. The first-order chi connectivity index (χ1) is 4.25. The molecule has 0 N–H and O–H groups in total. The summed E-state index contributed by atoms with van der Waals surface area (Å²) in [5.41, 5.74) is 1.04. The minimum absolute atomic E-state index is 0.793. The molecule has 0 saturated heterocycles. The third kappa shape index (κ3) is 1.15. The van der Waals surface area contributed by atoms with Gasteiger partial charge in [0.1, 0.15) is 10.9 Å². The molecule has 0 saturated carbocycles. The van der Waals surface area contributed by atoms with Gasteiger partial charge in [0.05, 0.1) is 0 Å². The highest BCUT2D eigenvalue weighted by Crippen LogP contribution is 2.25. The van der Waals surface area contributed by atoms with Crippen LogP contribution in [0.15, 0.2) is 9.85 Å². The van der Waals surface area contributed by atoms with E-state index in [4.69, 9.17) is 5.26 Å². The molecule has 9 heavy (non-hydrogen) atoms. The number of nitrogens with zero attached hydrogens (tertiary/aromatic N) is 1. The summed E-state index contributed by atoms with van der Waals surface area (Å²) in [5.74, 6) is 0. The predicted molar refractivity (Wildman–Crippen MR) is 41.5 cm³/mol. The lowest BCUT2D eigenvalue weighted by Crippen LogP contribution is -1.68. The van der Waals surface area contributed by atoms with Crippen molar-refractivity contribution in [2.24, 2.45) is 0 Å². The highest BCUT2D eigenvalue weighted by Gasteiger charge is 2.01. The molecule has 3 heteroatoms. The van der Waals surface area contributed by atoms with Crippen molar-refractivity contribution in [3.8, 4) is 6.07 Å². The predicted octanol–water partition coefficient (Wildman–Crippen LogP) is 2.69. The van der Waals surface area contributed by atoms with E-state index < -0.39 is 0 Å². The molecule has 0 aromatic carbocycles. The first-order valence-electron chi connectivity index (χ1n) is 2.39. The summed E-state index contributed by atoms with van der Waals surface area (Å²) in [6.07, 6.45) is 0. The molecular weight excluding hydrogens is 198 g/mol. The third-order valence-electron chi connectivity index (χ3n) is 1.08. The van der Waals surface area contributed by atoms with Crippen molar-refractivity contribution in [3.05, 3.63) is 20.3 Å². The zero-order valence-electron chi connectivity index (χ0n) is 4.81. The van der Waals surface area contributed by atoms with Crippen molar-refractivity contribution in [2.45, 2.75) is 6.92 Å². The van der Waals surface area contributed by atoms with Crippen LogP contribution < -0.4 is 0 Å². The van der Waals surface area contributed by atoms with Crippen molar-refractivity contribution < 1.29 is 0 Å². The van der Waals surface area contributed by atoms with Gasteiger partial charge in [-0.15, -0.1) is 11.3 Å². The summed E-state index contributed by atoms with van der Waals surface area (Å²) in [6.45, 7) is 1.93. The normalized spacial score (nSPS) is 9.00. The van der Waals surface area contributed by atoms with Gasteiger partial charge in [-0.3, -0.25) is 0 Å². The summed E-state index contributed by atoms with van der Waals surface area (Å²) in [6, 6.07) is 2.10. The Morgan fingerprint density at radius 2 is 2.44 bits per heavy atom. The van der Waals surface area contributed by atoms with E-state index in [0.29, 0.717) is 0 Å². The summed E-state index contributed by atoms with van der Waals surface area (Å²) >= 11 is 4.78. The van der Waals surface area contributed by atoms with Crippen LogP contribution in [0.1, 0.15) is 10.4 Å². The van der Waals surface area contributed by atoms with Crippen molar-refractivity contribution in [1.29, 1.82) is 5.26 Å². The molecule has 1 nitrogen and oxygen atoms in total. The SMILES string of the molecule is Cc1c(Br)csc1C#N. The van der Waals surface area contributed by atoms with E-state index in [1.54, 1.807) is 0 Å². The zero-order valence-corrected chi connectivity index (χ0v) is 7.21. The lowest BCUT2D eigenvalue weighted by atomic mass is 10.3. The number of hydrogen-bond acceptors (Lipinski definition) is 2. The van der Waals surface area contributed by atoms with Crippen molar-refractivity contribution in [1.82, 2.24) is 0 Å². The van der Waals surface area contributed by atoms with Crippen molar-refractivity contribution >= 4 is 27.3 Å². The monoisotopic (exact) mass is 201 g/mol. The fourth-order valence-corrected chi connectivity index (χ4v) is 1.85. The highest BCUT2D eigenvalue weighted by atomic mass is 79.9. The Kier molecular flexibility index (Phi) is 1.89. The average molecular weight is 202 g/mol. The quantitative estimate of drug-likeness (QED) is 0.634. The number of thiophene rings is 1. The van der Waals surface area contributed by atoms with Crippen molar-refractivity contribution in [2.75, 3.05) is 0 Å². The number of rotatable bonds is 0. The summed E-state index contributed by atoms with van der Waals surface area (Å²) in [7, 11) is 0. The first-order valence-corrected chi connectivity index (χ1v) is 4.06. The van der Waals surface area contributed by atoms with Crippen LogP contribution in [-0.2, 0) is 0 Å². The molecule has 0 bridgehead atoms. The Morgan fingerprint density at radius 3 is 2.67 bits per heavy atom. The van der Waals surface area contributed by atoms with E-state index in [2.05, 4.69) is 22.0 Å². The number of nitriles is 1. The molecule has 1 heterocycles. The second-order valence-electron chi connectivity index (χ2n) is 1.65. The number of hydrogen-bond donors (Lipinski definition) is 0. The van der Waals surface area contributed by atoms with E-state index in [0.717, 1.165) is 14.9 Å². The molecule has 0 aliphatic carbocycles. The van der Waals surface area contributed by atoms with Gasteiger partial charge in [0, 0.05) is 9.85 Å². The molecule has 0 unspecified atom stereocenters. The molecule has 1 aromatic heterocycles. The van der Waals surface area contributed by atoms with E-state index >= 15 is 0 Å². The second kappa shape index (κ2) is 2.51. The molecule has 0 radical (unpaired) electrons. The summed E-state index contributed by atoms with van der Waals surface area (Å²) in [4.78, 5) is 0.793. The Hall–Kier alpha value is -0.330. The minimum Gasteiger partial charge on any atom is -0.192 e. The fourth-order valence-electron chi connectivity index (χ4n) is 0.506. The topological polar surface area (TPSA) is 23.8 Å². The Balaban J connectivity index is 3.24. The van der Waals surface area contributed by atoms with Gasteiger partial charge < -0.3 is 0 Å².